The molecule has 0 heterocycles. The number of carboxylic acids is 2. The van der Waals surface area contributed by atoms with E-state index in [0.717, 1.165) is 12.2 Å². The molecule has 0 amide bonds. The van der Waals surface area contributed by atoms with E-state index in [-0.39, 0.29) is 17.6 Å². The molecule has 2 N–H and O–H groups in total. The Morgan fingerprint density at radius 3 is 2.23 bits per heavy atom. The first-order chi connectivity index (χ1) is 6.00. The van der Waals surface area contributed by atoms with Gasteiger partial charge in [-0.25, -0.2) is 9.59 Å². The fourth-order valence-corrected chi connectivity index (χ4v) is 0.953. The van der Waals surface area contributed by atoms with Crippen LogP contribution < -0.4 is 0 Å². The second-order valence-electron chi connectivity index (χ2n) is 2.52. The highest BCUT2D eigenvalue weighted by Crippen LogP contribution is 2.14. The number of ketones is 1. The third-order valence-electron chi connectivity index (χ3n) is 1.53. The van der Waals surface area contributed by atoms with E-state index in [1.165, 1.54) is 0 Å². The van der Waals surface area contributed by atoms with Gasteiger partial charge in [-0.15, -0.1) is 0 Å². The second-order valence-corrected chi connectivity index (χ2v) is 2.52. The lowest BCUT2D eigenvalue weighted by Crippen LogP contribution is -2.13. The van der Waals surface area contributed by atoms with Crippen molar-refractivity contribution in [1.29, 1.82) is 0 Å². The first kappa shape index (κ1) is 9.18. The molecule has 0 atom stereocenters. The van der Waals surface area contributed by atoms with Crippen molar-refractivity contribution in [2.75, 3.05) is 0 Å². The molecule has 0 saturated carbocycles. The van der Waals surface area contributed by atoms with Gasteiger partial charge in [-0.3, -0.25) is 4.79 Å². The number of aliphatic carboxylic acids is 2. The van der Waals surface area contributed by atoms with E-state index in [1.54, 1.807) is 0 Å². The molecule has 0 radical (unpaired) electrons. The SMILES string of the molecule is O=C1C=C(C(=O)O)C=C(C(=O)O)C1. The Hall–Kier alpha value is -1.91. The van der Waals surface area contributed by atoms with Gasteiger partial charge in [-0.05, 0) is 12.2 Å². The maximum absolute atomic E-state index is 10.8. The average molecular weight is 182 g/mol. The maximum Gasteiger partial charge on any atom is 0.335 e. The molecule has 0 unspecified atom stereocenters. The first-order valence-electron chi connectivity index (χ1n) is 3.42. The van der Waals surface area contributed by atoms with E-state index in [9.17, 15) is 14.4 Å². The van der Waals surface area contributed by atoms with Crippen LogP contribution in [-0.2, 0) is 14.4 Å². The van der Waals surface area contributed by atoms with Crippen molar-refractivity contribution in [1.82, 2.24) is 0 Å². The lowest BCUT2D eigenvalue weighted by molar-refractivity contribution is -0.133. The quantitative estimate of drug-likeness (QED) is 0.626. The maximum atomic E-state index is 10.8. The fraction of sp³-hybridized carbons (Fsp3) is 0.125. The Morgan fingerprint density at radius 1 is 1.15 bits per heavy atom. The minimum atomic E-state index is -1.30. The fourth-order valence-electron chi connectivity index (χ4n) is 0.953. The summed E-state index contributed by atoms with van der Waals surface area (Å²) in [5, 5.41) is 17.0. The van der Waals surface area contributed by atoms with E-state index < -0.39 is 17.7 Å². The molecule has 1 aliphatic rings. The van der Waals surface area contributed by atoms with Gasteiger partial charge in [0.05, 0.1) is 5.57 Å². The summed E-state index contributed by atoms with van der Waals surface area (Å²) >= 11 is 0. The van der Waals surface area contributed by atoms with E-state index in [2.05, 4.69) is 0 Å². The van der Waals surface area contributed by atoms with Gasteiger partial charge in [0.2, 0.25) is 0 Å². The van der Waals surface area contributed by atoms with Crippen molar-refractivity contribution in [2.45, 2.75) is 6.42 Å². The van der Waals surface area contributed by atoms with Crippen LogP contribution in [0.5, 0.6) is 0 Å². The van der Waals surface area contributed by atoms with Crippen LogP contribution in [0.2, 0.25) is 0 Å². The molecule has 5 nitrogen and oxygen atoms in total. The van der Waals surface area contributed by atoms with Gasteiger partial charge in [0.25, 0.3) is 0 Å². The molecule has 0 aromatic rings. The molecule has 13 heavy (non-hydrogen) atoms. The molecule has 5 heteroatoms. The number of hydrogen-bond acceptors (Lipinski definition) is 3. The van der Waals surface area contributed by atoms with Gasteiger partial charge in [0, 0.05) is 12.0 Å². The molecule has 0 bridgehead atoms. The van der Waals surface area contributed by atoms with Crippen LogP contribution in [0.4, 0.5) is 0 Å². The van der Waals surface area contributed by atoms with Crippen LogP contribution in [0.3, 0.4) is 0 Å². The Kier molecular flexibility index (Phi) is 2.27. The third-order valence-corrected chi connectivity index (χ3v) is 1.53. The van der Waals surface area contributed by atoms with E-state index in [1.807, 2.05) is 0 Å². The Labute approximate surface area is 73.0 Å². The molecule has 0 saturated heterocycles. The zero-order valence-electron chi connectivity index (χ0n) is 6.48. The van der Waals surface area contributed by atoms with Crippen molar-refractivity contribution < 1.29 is 24.6 Å². The minimum Gasteiger partial charge on any atom is -0.478 e. The highest BCUT2D eigenvalue weighted by atomic mass is 16.4. The molecule has 68 valence electrons. The van der Waals surface area contributed by atoms with E-state index in [0.29, 0.717) is 0 Å². The largest absolute Gasteiger partial charge is 0.478 e. The predicted molar refractivity (Wildman–Crippen MR) is 41.1 cm³/mol. The second kappa shape index (κ2) is 3.22. The number of carbonyl (C=O) groups is 3. The van der Waals surface area contributed by atoms with Gasteiger partial charge < -0.3 is 10.2 Å². The molecule has 1 aliphatic carbocycles. The molecule has 0 spiro atoms. The standard InChI is InChI=1S/C8H6O5/c9-6-2-4(7(10)11)1-5(3-6)8(12)13/h1-2H,3H2,(H,10,11)(H,12,13). The monoisotopic (exact) mass is 182 g/mol. The minimum absolute atomic E-state index is 0.190. The molecule has 1 rings (SSSR count). The highest BCUT2D eigenvalue weighted by Gasteiger charge is 2.20. The summed E-state index contributed by atoms with van der Waals surface area (Å²) in [5.41, 5.74) is -0.474. The summed E-state index contributed by atoms with van der Waals surface area (Å²) in [4.78, 5) is 31.7. The van der Waals surface area contributed by atoms with Crippen molar-refractivity contribution in [3.05, 3.63) is 23.3 Å². The van der Waals surface area contributed by atoms with E-state index in [4.69, 9.17) is 10.2 Å². The van der Waals surface area contributed by atoms with Crippen LogP contribution in [0.15, 0.2) is 23.3 Å². The van der Waals surface area contributed by atoms with Gasteiger partial charge in [0.15, 0.2) is 5.78 Å². The molecular formula is C8H6O5. The predicted octanol–water partition coefficient (Wildman–Crippen LogP) is -0.0188. The molecule has 0 fully saturated rings. The topological polar surface area (TPSA) is 91.7 Å². The van der Waals surface area contributed by atoms with Gasteiger partial charge in [-0.1, -0.05) is 0 Å². The molecule has 0 aromatic carbocycles. The Morgan fingerprint density at radius 2 is 1.77 bits per heavy atom. The summed E-state index contributed by atoms with van der Waals surface area (Å²) in [7, 11) is 0. The molecular weight excluding hydrogens is 176 g/mol. The summed E-state index contributed by atoms with van der Waals surface area (Å²) in [6.07, 6.45) is 1.67. The highest BCUT2D eigenvalue weighted by molar-refractivity contribution is 6.08. The first-order valence-corrected chi connectivity index (χ1v) is 3.42. The van der Waals surface area contributed by atoms with Crippen LogP contribution in [0.1, 0.15) is 6.42 Å². The normalized spacial score (nSPS) is 16.2. The van der Waals surface area contributed by atoms with Crippen molar-refractivity contribution in [3.8, 4) is 0 Å². The number of carbonyl (C=O) groups excluding carboxylic acids is 1. The van der Waals surface area contributed by atoms with Crippen molar-refractivity contribution in [2.24, 2.45) is 0 Å². The number of rotatable bonds is 2. The summed E-state index contributed by atoms with van der Waals surface area (Å²) in [6.45, 7) is 0. The Balaban J connectivity index is 3.05. The zero-order chi connectivity index (χ0) is 10.0. The lowest BCUT2D eigenvalue weighted by Gasteiger charge is -2.05. The summed E-state index contributed by atoms with van der Waals surface area (Å²) < 4.78 is 0. The summed E-state index contributed by atoms with van der Waals surface area (Å²) in [6, 6.07) is 0. The number of hydrogen-bond donors (Lipinski definition) is 2. The molecule has 0 aliphatic heterocycles. The zero-order valence-corrected chi connectivity index (χ0v) is 6.48. The van der Waals surface area contributed by atoms with Gasteiger partial charge in [0.1, 0.15) is 0 Å². The van der Waals surface area contributed by atoms with Crippen molar-refractivity contribution >= 4 is 17.7 Å². The van der Waals surface area contributed by atoms with Crippen LogP contribution in [0, 0.1) is 0 Å². The summed E-state index contributed by atoms with van der Waals surface area (Å²) in [5.74, 6) is -3.07. The number of carboxylic acid groups (broad SMARTS) is 2. The van der Waals surface area contributed by atoms with Gasteiger partial charge >= 0.3 is 11.9 Å². The van der Waals surface area contributed by atoms with Crippen LogP contribution in [-0.4, -0.2) is 27.9 Å². The van der Waals surface area contributed by atoms with Crippen LogP contribution in [0.25, 0.3) is 0 Å². The van der Waals surface area contributed by atoms with Crippen molar-refractivity contribution in [3.63, 3.8) is 0 Å². The van der Waals surface area contributed by atoms with E-state index >= 15 is 0 Å². The van der Waals surface area contributed by atoms with Gasteiger partial charge in [-0.2, -0.15) is 0 Å². The number of allylic oxidation sites excluding steroid dienone is 1. The third kappa shape index (κ3) is 2.02. The Bertz CT molecular complexity index is 348. The lowest BCUT2D eigenvalue weighted by atomic mass is 9.99. The smallest absolute Gasteiger partial charge is 0.335 e. The molecule has 0 aromatic heterocycles. The van der Waals surface area contributed by atoms with Crippen LogP contribution >= 0.6 is 0 Å². The average Bonchev–Trinajstić information content (AvgIpc) is 2.03.